The van der Waals surface area contributed by atoms with E-state index in [4.69, 9.17) is 4.74 Å². The molecule has 0 bridgehead atoms. The minimum absolute atomic E-state index is 0.0159. The maximum atomic E-state index is 13.4. The van der Waals surface area contributed by atoms with Crippen molar-refractivity contribution in [3.05, 3.63) is 58.7 Å². The predicted molar refractivity (Wildman–Crippen MR) is 123 cm³/mol. The van der Waals surface area contributed by atoms with Gasteiger partial charge in [0, 0.05) is 30.8 Å². The number of alkyl halides is 1. The molecule has 0 radical (unpaired) electrons. The Labute approximate surface area is 183 Å². The van der Waals surface area contributed by atoms with Gasteiger partial charge in [0.05, 0.1) is 10.0 Å². The molecule has 0 aliphatic heterocycles. The molecule has 0 heterocycles. The van der Waals surface area contributed by atoms with E-state index in [0.29, 0.717) is 18.1 Å². The second-order valence-corrected chi connectivity index (χ2v) is 11.1. The molecule has 150 valence electrons. The van der Waals surface area contributed by atoms with Gasteiger partial charge in [-0.2, -0.15) is 0 Å². The summed E-state index contributed by atoms with van der Waals surface area (Å²) < 4.78 is 5.52. The van der Waals surface area contributed by atoms with E-state index in [1.54, 1.807) is 7.11 Å². The lowest BCUT2D eigenvalue weighted by molar-refractivity contribution is -0.122. The first kappa shape index (κ1) is 20.3. The number of carbonyl (C=O) groups excluding carboxylic acids is 1. The standard InChI is InChI=1S/C25H31IO2/c1-17-23(27)14-21-19(13-18-7-5-4-6-8-18)9-11-24(21,2)15-22-20(16-28-3)10-12-25(17,22)26/h4-8,15,17,20H,9-14,16H2,1-3H3/b22-15-/t17?,20-,24-,25?/m1/s1. The van der Waals surface area contributed by atoms with Gasteiger partial charge < -0.3 is 4.74 Å². The Hall–Kier alpha value is -0.940. The molecule has 1 aromatic carbocycles. The third-order valence-electron chi connectivity index (χ3n) is 7.46. The Morgan fingerprint density at radius 3 is 2.68 bits per heavy atom. The molecule has 1 fully saturated rings. The Balaban J connectivity index is 1.79. The van der Waals surface area contributed by atoms with Gasteiger partial charge in [0.25, 0.3) is 0 Å². The highest BCUT2D eigenvalue weighted by Gasteiger charge is 2.51. The number of allylic oxidation sites excluding steroid dienone is 3. The van der Waals surface area contributed by atoms with Crippen molar-refractivity contribution in [2.24, 2.45) is 17.3 Å². The van der Waals surface area contributed by atoms with E-state index in [-0.39, 0.29) is 14.8 Å². The van der Waals surface area contributed by atoms with Crippen molar-refractivity contribution in [3.63, 3.8) is 0 Å². The number of rotatable bonds is 4. The number of ether oxygens (including phenoxy) is 1. The van der Waals surface area contributed by atoms with E-state index in [2.05, 4.69) is 72.8 Å². The highest BCUT2D eigenvalue weighted by Crippen LogP contribution is 2.57. The van der Waals surface area contributed by atoms with Gasteiger partial charge in [-0.15, -0.1) is 0 Å². The molecule has 3 aliphatic carbocycles. The summed E-state index contributed by atoms with van der Waals surface area (Å²) in [6, 6.07) is 10.7. The summed E-state index contributed by atoms with van der Waals surface area (Å²) in [5.74, 6) is 0.940. The molecule has 2 nitrogen and oxygen atoms in total. The fraction of sp³-hybridized carbons (Fsp3) is 0.560. The normalized spacial score (nSPS) is 37.1. The molecule has 0 amide bonds. The van der Waals surface area contributed by atoms with Crippen LogP contribution in [0, 0.1) is 17.3 Å². The summed E-state index contributed by atoms with van der Waals surface area (Å²) in [5, 5.41) is 0. The first-order chi connectivity index (χ1) is 13.4. The Kier molecular flexibility index (Phi) is 5.60. The molecular formula is C25H31IO2. The van der Waals surface area contributed by atoms with Gasteiger partial charge in [-0.3, -0.25) is 4.79 Å². The molecule has 28 heavy (non-hydrogen) atoms. The molecule has 3 heteroatoms. The van der Waals surface area contributed by atoms with Crippen molar-refractivity contribution in [2.75, 3.05) is 13.7 Å². The van der Waals surface area contributed by atoms with E-state index in [1.165, 1.54) is 22.3 Å². The zero-order valence-corrected chi connectivity index (χ0v) is 19.4. The van der Waals surface area contributed by atoms with E-state index < -0.39 is 0 Å². The number of benzene rings is 1. The topological polar surface area (TPSA) is 26.3 Å². The van der Waals surface area contributed by atoms with E-state index in [9.17, 15) is 4.79 Å². The van der Waals surface area contributed by atoms with Crippen molar-refractivity contribution in [1.29, 1.82) is 0 Å². The number of hydrogen-bond donors (Lipinski definition) is 0. The van der Waals surface area contributed by atoms with Crippen molar-refractivity contribution >= 4 is 28.4 Å². The van der Waals surface area contributed by atoms with Gasteiger partial charge in [-0.1, -0.05) is 89.6 Å². The first-order valence-corrected chi connectivity index (χ1v) is 11.6. The van der Waals surface area contributed by atoms with Crippen molar-refractivity contribution < 1.29 is 9.53 Å². The van der Waals surface area contributed by atoms with Gasteiger partial charge in [0.15, 0.2) is 0 Å². The van der Waals surface area contributed by atoms with Crippen LogP contribution in [-0.2, 0) is 16.0 Å². The third-order valence-corrected chi connectivity index (χ3v) is 9.56. The van der Waals surface area contributed by atoms with Crippen LogP contribution in [0.15, 0.2) is 53.1 Å². The maximum Gasteiger partial charge on any atom is 0.141 e. The fourth-order valence-electron chi connectivity index (χ4n) is 5.67. The van der Waals surface area contributed by atoms with E-state index >= 15 is 0 Å². The molecule has 3 aliphatic rings. The van der Waals surface area contributed by atoms with Gasteiger partial charge in [0.1, 0.15) is 5.78 Å². The van der Waals surface area contributed by atoms with Crippen LogP contribution in [0.1, 0.15) is 51.5 Å². The summed E-state index contributed by atoms with van der Waals surface area (Å²) in [5.41, 5.74) is 5.75. The molecule has 4 atom stereocenters. The number of Topliss-reactive ketones (excluding diaryl/α,β-unsaturated/α-hetero) is 1. The molecule has 2 unspecified atom stereocenters. The summed E-state index contributed by atoms with van der Waals surface area (Å²) >= 11 is 2.60. The van der Waals surface area contributed by atoms with E-state index in [0.717, 1.165) is 38.7 Å². The number of methoxy groups -OCH3 is 1. The van der Waals surface area contributed by atoms with Crippen molar-refractivity contribution in [3.8, 4) is 0 Å². The number of halogens is 1. The Morgan fingerprint density at radius 2 is 1.96 bits per heavy atom. The Bertz CT molecular complexity index is 824. The summed E-state index contributed by atoms with van der Waals surface area (Å²) in [6.07, 6.45) is 8.64. The predicted octanol–water partition coefficient (Wildman–Crippen LogP) is 6.09. The third kappa shape index (κ3) is 3.43. The highest BCUT2D eigenvalue weighted by molar-refractivity contribution is 14.1. The minimum Gasteiger partial charge on any atom is -0.384 e. The van der Waals surface area contributed by atoms with Crippen LogP contribution in [0.5, 0.6) is 0 Å². The zero-order valence-electron chi connectivity index (χ0n) is 17.3. The number of hydrogen-bond acceptors (Lipinski definition) is 2. The van der Waals surface area contributed by atoms with Gasteiger partial charge in [-0.25, -0.2) is 0 Å². The highest BCUT2D eigenvalue weighted by atomic mass is 127. The maximum absolute atomic E-state index is 13.4. The zero-order chi connectivity index (χ0) is 19.9. The summed E-state index contributed by atoms with van der Waals surface area (Å²) in [4.78, 5) is 13.4. The van der Waals surface area contributed by atoms with Gasteiger partial charge in [0.2, 0.25) is 0 Å². The van der Waals surface area contributed by atoms with Crippen LogP contribution < -0.4 is 0 Å². The number of fused-ring (bicyclic) bond motifs is 2. The molecule has 0 saturated heterocycles. The average molecular weight is 490 g/mol. The van der Waals surface area contributed by atoms with Crippen LogP contribution in [0.3, 0.4) is 0 Å². The quantitative estimate of drug-likeness (QED) is 0.290. The van der Waals surface area contributed by atoms with Crippen LogP contribution in [-0.4, -0.2) is 22.9 Å². The van der Waals surface area contributed by atoms with Crippen molar-refractivity contribution in [1.82, 2.24) is 0 Å². The van der Waals surface area contributed by atoms with Crippen LogP contribution in [0.2, 0.25) is 0 Å². The second-order valence-electron chi connectivity index (χ2n) is 9.18. The van der Waals surface area contributed by atoms with Crippen LogP contribution >= 0.6 is 22.6 Å². The summed E-state index contributed by atoms with van der Waals surface area (Å²) in [6.45, 7) is 5.30. The minimum atomic E-state index is -0.0330. The largest absolute Gasteiger partial charge is 0.384 e. The van der Waals surface area contributed by atoms with Crippen LogP contribution in [0.4, 0.5) is 0 Å². The molecule has 4 rings (SSSR count). The summed E-state index contributed by atoms with van der Waals surface area (Å²) in [7, 11) is 1.80. The molecular weight excluding hydrogens is 459 g/mol. The van der Waals surface area contributed by atoms with Gasteiger partial charge >= 0.3 is 0 Å². The molecule has 1 saturated carbocycles. The van der Waals surface area contributed by atoms with Crippen LogP contribution in [0.25, 0.3) is 0 Å². The molecule has 1 aromatic rings. The lowest BCUT2D eigenvalue weighted by Crippen LogP contribution is -2.38. The molecule has 0 spiro atoms. The molecule has 0 aromatic heterocycles. The fourth-order valence-corrected chi connectivity index (χ4v) is 6.92. The monoisotopic (exact) mass is 490 g/mol. The lowest BCUT2D eigenvalue weighted by atomic mass is 9.70. The van der Waals surface area contributed by atoms with Crippen molar-refractivity contribution in [2.45, 2.75) is 55.8 Å². The smallest absolute Gasteiger partial charge is 0.141 e. The number of carbonyl (C=O) groups is 1. The van der Waals surface area contributed by atoms with E-state index in [1.807, 2.05) is 0 Å². The SMILES string of the molecule is COC[C@H]1CCC2(I)/C1=C\[C@@]1(C)CCC(Cc3ccccc3)=C1CC(=O)C2C. The second kappa shape index (κ2) is 7.71. The molecule has 0 N–H and O–H groups in total. The lowest BCUT2D eigenvalue weighted by Gasteiger charge is -2.38. The number of ketones is 1. The van der Waals surface area contributed by atoms with Gasteiger partial charge in [-0.05, 0) is 37.7 Å². The first-order valence-electron chi connectivity index (χ1n) is 10.6. The Morgan fingerprint density at radius 1 is 1.21 bits per heavy atom. The average Bonchev–Trinajstić information content (AvgIpc) is 3.15.